The summed E-state index contributed by atoms with van der Waals surface area (Å²) in [4.78, 5) is 12.2. The van der Waals surface area contributed by atoms with Crippen LogP contribution in [0.5, 0.6) is 11.5 Å². The van der Waals surface area contributed by atoms with Crippen molar-refractivity contribution in [3.8, 4) is 11.5 Å². The van der Waals surface area contributed by atoms with Gasteiger partial charge < -0.3 is 20.1 Å². The minimum absolute atomic E-state index is 0.0473. The van der Waals surface area contributed by atoms with Crippen LogP contribution in [0.2, 0.25) is 0 Å². The number of hydrogen-bond donors (Lipinski definition) is 2. The van der Waals surface area contributed by atoms with Crippen molar-refractivity contribution in [2.24, 2.45) is 0 Å². The molecule has 0 aromatic heterocycles. The van der Waals surface area contributed by atoms with Gasteiger partial charge in [0.05, 0.1) is 7.11 Å². The van der Waals surface area contributed by atoms with E-state index >= 15 is 0 Å². The van der Waals surface area contributed by atoms with E-state index < -0.39 is 0 Å². The zero-order valence-electron chi connectivity index (χ0n) is 17.8. The van der Waals surface area contributed by atoms with Gasteiger partial charge in [0.1, 0.15) is 11.5 Å². The first-order valence-corrected chi connectivity index (χ1v) is 10.9. The Hall–Kier alpha value is -2.83. The smallest absolute Gasteiger partial charge is 0.262 e. The molecule has 0 atom stereocenters. The number of aryl methyl sites for hydroxylation is 1. The van der Waals surface area contributed by atoms with Gasteiger partial charge >= 0.3 is 0 Å². The second-order valence-corrected chi connectivity index (χ2v) is 8.15. The summed E-state index contributed by atoms with van der Waals surface area (Å²) in [6, 6.07) is 21.6. The molecule has 0 aliphatic heterocycles. The largest absolute Gasteiger partial charge is 0.497 e. The SMILES string of the molecule is COc1ccc(CCNCc2cc(Br)ccc2OCC(=O)Nc2ccc(C)cc2)cc1. The average Bonchev–Trinajstić information content (AvgIpc) is 2.78. The maximum absolute atomic E-state index is 12.2. The lowest BCUT2D eigenvalue weighted by molar-refractivity contribution is -0.118. The fourth-order valence-corrected chi connectivity index (χ4v) is 3.46. The zero-order chi connectivity index (χ0) is 22.1. The Balaban J connectivity index is 1.49. The summed E-state index contributed by atoms with van der Waals surface area (Å²) in [6.07, 6.45) is 0.910. The molecule has 0 saturated carbocycles. The van der Waals surface area contributed by atoms with Crippen LogP contribution < -0.4 is 20.1 Å². The van der Waals surface area contributed by atoms with Crippen molar-refractivity contribution in [2.75, 3.05) is 25.6 Å². The van der Waals surface area contributed by atoms with Crippen LogP contribution >= 0.6 is 15.9 Å². The quantitative estimate of drug-likeness (QED) is 0.394. The number of anilines is 1. The van der Waals surface area contributed by atoms with Gasteiger partial charge in [0.15, 0.2) is 6.61 Å². The van der Waals surface area contributed by atoms with E-state index in [1.165, 1.54) is 5.56 Å². The predicted octanol–water partition coefficient (Wildman–Crippen LogP) is 5.12. The van der Waals surface area contributed by atoms with Crippen LogP contribution in [0.15, 0.2) is 71.2 Å². The molecule has 0 aliphatic carbocycles. The molecule has 3 rings (SSSR count). The number of rotatable bonds is 10. The normalized spacial score (nSPS) is 10.5. The first-order valence-electron chi connectivity index (χ1n) is 10.1. The van der Waals surface area contributed by atoms with Gasteiger partial charge in [-0.1, -0.05) is 45.8 Å². The number of carbonyl (C=O) groups excluding carboxylic acids is 1. The number of ether oxygens (including phenoxy) is 2. The summed E-state index contributed by atoms with van der Waals surface area (Å²) < 4.78 is 12.0. The Bertz CT molecular complexity index is 989. The molecule has 3 aromatic carbocycles. The van der Waals surface area contributed by atoms with E-state index in [0.29, 0.717) is 12.3 Å². The van der Waals surface area contributed by atoms with E-state index in [9.17, 15) is 4.79 Å². The van der Waals surface area contributed by atoms with Gasteiger partial charge in [-0.2, -0.15) is 0 Å². The topological polar surface area (TPSA) is 59.6 Å². The Morgan fingerprint density at radius 1 is 1.00 bits per heavy atom. The van der Waals surface area contributed by atoms with Gasteiger partial charge in [0, 0.05) is 22.3 Å². The first kappa shape index (κ1) is 22.8. The van der Waals surface area contributed by atoms with Gasteiger partial charge in [-0.3, -0.25) is 4.79 Å². The number of hydrogen-bond acceptors (Lipinski definition) is 4. The van der Waals surface area contributed by atoms with Crippen molar-refractivity contribution in [3.63, 3.8) is 0 Å². The van der Waals surface area contributed by atoms with Crippen LogP contribution in [0, 0.1) is 6.92 Å². The molecule has 2 N–H and O–H groups in total. The van der Waals surface area contributed by atoms with E-state index in [0.717, 1.165) is 40.0 Å². The van der Waals surface area contributed by atoms with Crippen LogP contribution in [-0.4, -0.2) is 26.2 Å². The zero-order valence-corrected chi connectivity index (χ0v) is 19.4. The van der Waals surface area contributed by atoms with Gasteiger partial charge in [-0.05, 0) is 67.9 Å². The van der Waals surface area contributed by atoms with Crippen LogP contribution in [0.1, 0.15) is 16.7 Å². The molecule has 0 bridgehead atoms. The van der Waals surface area contributed by atoms with Crippen molar-refractivity contribution in [3.05, 3.63) is 87.9 Å². The third kappa shape index (κ3) is 7.42. The summed E-state index contributed by atoms with van der Waals surface area (Å²) >= 11 is 3.51. The fraction of sp³-hybridized carbons (Fsp3) is 0.240. The van der Waals surface area contributed by atoms with Gasteiger partial charge in [0.2, 0.25) is 0 Å². The fourth-order valence-electron chi connectivity index (χ4n) is 3.05. The maximum Gasteiger partial charge on any atom is 0.262 e. The highest BCUT2D eigenvalue weighted by Crippen LogP contribution is 2.23. The van der Waals surface area contributed by atoms with Gasteiger partial charge in [-0.15, -0.1) is 0 Å². The minimum Gasteiger partial charge on any atom is -0.497 e. The molecule has 3 aromatic rings. The highest BCUT2D eigenvalue weighted by molar-refractivity contribution is 9.10. The number of amides is 1. The van der Waals surface area contributed by atoms with Crippen LogP contribution in [0.4, 0.5) is 5.69 Å². The number of nitrogens with one attached hydrogen (secondary N) is 2. The molecular weight excluding hydrogens is 456 g/mol. The monoisotopic (exact) mass is 482 g/mol. The number of methoxy groups -OCH3 is 1. The summed E-state index contributed by atoms with van der Waals surface area (Å²) in [5.74, 6) is 1.36. The summed E-state index contributed by atoms with van der Waals surface area (Å²) in [6.45, 7) is 3.43. The molecule has 162 valence electrons. The molecule has 0 saturated heterocycles. The van der Waals surface area contributed by atoms with E-state index in [2.05, 4.69) is 38.7 Å². The van der Waals surface area contributed by atoms with Crippen LogP contribution in [0.25, 0.3) is 0 Å². The van der Waals surface area contributed by atoms with E-state index in [-0.39, 0.29) is 12.5 Å². The summed E-state index contributed by atoms with van der Waals surface area (Å²) in [7, 11) is 1.67. The highest BCUT2D eigenvalue weighted by Gasteiger charge is 2.08. The number of carbonyl (C=O) groups is 1. The van der Waals surface area contributed by atoms with E-state index in [1.54, 1.807) is 7.11 Å². The van der Waals surface area contributed by atoms with Gasteiger partial charge in [-0.25, -0.2) is 0 Å². The van der Waals surface area contributed by atoms with Crippen molar-refractivity contribution in [2.45, 2.75) is 19.9 Å². The third-order valence-corrected chi connectivity index (χ3v) is 5.27. The lowest BCUT2D eigenvalue weighted by Gasteiger charge is -2.13. The van der Waals surface area contributed by atoms with Crippen molar-refractivity contribution in [1.29, 1.82) is 0 Å². The average molecular weight is 483 g/mol. The van der Waals surface area contributed by atoms with Crippen molar-refractivity contribution in [1.82, 2.24) is 5.32 Å². The van der Waals surface area contributed by atoms with E-state index in [4.69, 9.17) is 9.47 Å². The number of halogens is 1. The molecule has 0 spiro atoms. The first-order chi connectivity index (χ1) is 15.0. The van der Waals surface area contributed by atoms with Gasteiger partial charge in [0.25, 0.3) is 5.91 Å². The molecule has 1 amide bonds. The maximum atomic E-state index is 12.2. The Morgan fingerprint density at radius 3 is 2.45 bits per heavy atom. The molecule has 0 heterocycles. The lowest BCUT2D eigenvalue weighted by Crippen LogP contribution is -2.21. The van der Waals surface area contributed by atoms with Crippen molar-refractivity contribution >= 4 is 27.5 Å². The molecule has 0 unspecified atom stereocenters. The third-order valence-electron chi connectivity index (χ3n) is 4.78. The number of benzene rings is 3. The van der Waals surface area contributed by atoms with Crippen LogP contribution in [0.3, 0.4) is 0 Å². The molecular formula is C25H27BrN2O3. The molecule has 0 aliphatic rings. The molecule has 31 heavy (non-hydrogen) atoms. The second-order valence-electron chi connectivity index (χ2n) is 7.23. The standard InChI is InChI=1S/C25H27BrN2O3/c1-18-3-8-22(9-4-18)28-25(29)17-31-24-12-7-21(26)15-20(24)16-27-14-13-19-5-10-23(30-2)11-6-19/h3-12,15,27H,13-14,16-17H2,1-2H3,(H,28,29). The van der Waals surface area contributed by atoms with Crippen LogP contribution in [-0.2, 0) is 17.8 Å². The molecule has 5 nitrogen and oxygen atoms in total. The molecule has 0 fully saturated rings. The Morgan fingerprint density at radius 2 is 1.74 bits per heavy atom. The predicted molar refractivity (Wildman–Crippen MR) is 128 cm³/mol. The Kier molecular flexibility index (Phi) is 8.50. The second kappa shape index (κ2) is 11.5. The lowest BCUT2D eigenvalue weighted by atomic mass is 10.1. The summed E-state index contributed by atoms with van der Waals surface area (Å²) in [5.41, 5.74) is 4.14. The van der Waals surface area contributed by atoms with E-state index in [1.807, 2.05) is 61.5 Å². The minimum atomic E-state index is -0.190. The Labute approximate surface area is 191 Å². The summed E-state index contributed by atoms with van der Waals surface area (Å²) in [5, 5.41) is 6.30. The molecule has 6 heteroatoms. The highest BCUT2D eigenvalue weighted by atomic mass is 79.9. The molecule has 0 radical (unpaired) electrons. The van der Waals surface area contributed by atoms with Crippen molar-refractivity contribution < 1.29 is 14.3 Å².